The highest BCUT2D eigenvalue weighted by atomic mass is 16.6. The van der Waals surface area contributed by atoms with E-state index in [1.54, 1.807) is 12.1 Å². The van der Waals surface area contributed by atoms with Crippen LogP contribution in [0.15, 0.2) is 30.3 Å². The van der Waals surface area contributed by atoms with E-state index in [4.69, 9.17) is 9.47 Å². The fourth-order valence-electron chi connectivity index (χ4n) is 4.50. The maximum absolute atomic E-state index is 12.5. The highest BCUT2D eigenvalue weighted by molar-refractivity contribution is 5.89. The molecular weight excluding hydrogens is 318 g/mol. The monoisotopic (exact) mass is 343 g/mol. The summed E-state index contributed by atoms with van der Waals surface area (Å²) in [6.45, 7) is 1.07. The Bertz CT molecular complexity index is 642. The van der Waals surface area contributed by atoms with Crippen LogP contribution in [0, 0.1) is 11.8 Å². The van der Waals surface area contributed by atoms with Crippen molar-refractivity contribution in [2.45, 2.75) is 50.3 Å². The minimum Gasteiger partial charge on any atom is -0.469 e. The van der Waals surface area contributed by atoms with Crippen molar-refractivity contribution in [1.82, 2.24) is 4.90 Å². The predicted molar refractivity (Wildman–Crippen MR) is 92.0 cm³/mol. The average Bonchev–Trinajstić information content (AvgIpc) is 3.40. The van der Waals surface area contributed by atoms with Gasteiger partial charge in [-0.3, -0.25) is 9.69 Å². The molecule has 1 aromatic carbocycles. The van der Waals surface area contributed by atoms with Crippen LogP contribution in [0.4, 0.5) is 0 Å². The van der Waals surface area contributed by atoms with Crippen molar-refractivity contribution in [2.75, 3.05) is 13.7 Å². The molecular formula is C20H25NO4. The van der Waals surface area contributed by atoms with Gasteiger partial charge in [0.05, 0.1) is 12.7 Å². The van der Waals surface area contributed by atoms with Crippen molar-refractivity contribution in [2.24, 2.45) is 11.8 Å². The van der Waals surface area contributed by atoms with Crippen molar-refractivity contribution in [3.63, 3.8) is 0 Å². The highest BCUT2D eigenvalue weighted by Crippen LogP contribution is 2.44. The Labute approximate surface area is 148 Å². The topological polar surface area (TPSA) is 55.8 Å². The van der Waals surface area contributed by atoms with Gasteiger partial charge in [-0.15, -0.1) is 0 Å². The molecule has 1 aliphatic carbocycles. The standard InChI is InChI=1S/C20H25NO4/c1-24-20(23)18-16-10-9-15(21(16)12-13-7-8-13)11-17(18)25-19(22)14-5-3-2-4-6-14/h2-6,13,15-18H,7-12H2,1H3/t15?,16-,17?,18?/m1/s1. The summed E-state index contributed by atoms with van der Waals surface area (Å²) in [6.07, 6.45) is 4.98. The van der Waals surface area contributed by atoms with Crippen LogP contribution < -0.4 is 0 Å². The molecule has 3 unspecified atom stereocenters. The molecule has 4 rings (SSSR count). The van der Waals surface area contributed by atoms with Crippen LogP contribution in [0.1, 0.15) is 42.5 Å². The molecule has 2 aliphatic heterocycles. The van der Waals surface area contributed by atoms with Crippen LogP contribution in [0.2, 0.25) is 0 Å². The van der Waals surface area contributed by atoms with Gasteiger partial charge in [0.1, 0.15) is 12.0 Å². The third-order valence-corrected chi connectivity index (χ3v) is 5.92. The molecule has 0 aromatic heterocycles. The van der Waals surface area contributed by atoms with E-state index in [1.807, 2.05) is 18.2 Å². The van der Waals surface area contributed by atoms with E-state index in [0.29, 0.717) is 11.6 Å². The number of ether oxygens (including phenoxy) is 2. The van der Waals surface area contributed by atoms with Crippen molar-refractivity contribution >= 4 is 11.9 Å². The number of hydrogen-bond acceptors (Lipinski definition) is 5. The molecule has 4 atom stereocenters. The lowest BCUT2D eigenvalue weighted by Gasteiger charge is -2.42. The number of nitrogens with zero attached hydrogens (tertiary/aromatic N) is 1. The lowest BCUT2D eigenvalue weighted by Crippen LogP contribution is -2.55. The second-order valence-corrected chi connectivity index (χ2v) is 7.53. The molecule has 2 heterocycles. The minimum atomic E-state index is -0.395. The first-order chi connectivity index (χ1) is 12.2. The molecule has 1 aromatic rings. The summed E-state index contributed by atoms with van der Waals surface area (Å²) < 4.78 is 10.9. The Morgan fingerprint density at radius 2 is 1.88 bits per heavy atom. The van der Waals surface area contributed by atoms with Crippen LogP contribution in [0.3, 0.4) is 0 Å². The zero-order valence-electron chi connectivity index (χ0n) is 14.6. The van der Waals surface area contributed by atoms with Gasteiger partial charge in [0.25, 0.3) is 0 Å². The number of esters is 2. The minimum absolute atomic E-state index is 0.139. The summed E-state index contributed by atoms with van der Waals surface area (Å²) in [4.78, 5) is 27.5. The van der Waals surface area contributed by atoms with Crippen LogP contribution in [-0.2, 0) is 14.3 Å². The molecule has 0 amide bonds. The lowest BCUT2D eigenvalue weighted by molar-refractivity contribution is -0.156. The van der Waals surface area contributed by atoms with E-state index in [9.17, 15) is 9.59 Å². The quantitative estimate of drug-likeness (QED) is 0.770. The van der Waals surface area contributed by atoms with Crippen molar-refractivity contribution in [1.29, 1.82) is 0 Å². The van der Waals surface area contributed by atoms with Gasteiger partial charge in [-0.25, -0.2) is 4.79 Å². The molecule has 2 saturated heterocycles. The SMILES string of the molecule is COC(=O)C1C(OC(=O)c2ccccc2)CC2CC[C@H]1N2CC1CC1. The Balaban J connectivity index is 1.52. The Kier molecular flexibility index (Phi) is 4.50. The van der Waals surface area contributed by atoms with Gasteiger partial charge >= 0.3 is 11.9 Å². The fourth-order valence-corrected chi connectivity index (χ4v) is 4.50. The van der Waals surface area contributed by atoms with Crippen LogP contribution >= 0.6 is 0 Å². The number of methoxy groups -OCH3 is 1. The summed E-state index contributed by atoms with van der Waals surface area (Å²) >= 11 is 0. The zero-order chi connectivity index (χ0) is 17.4. The van der Waals surface area contributed by atoms with Crippen LogP contribution in [0.25, 0.3) is 0 Å². The van der Waals surface area contributed by atoms with Crippen molar-refractivity contribution < 1.29 is 19.1 Å². The smallest absolute Gasteiger partial charge is 0.338 e. The lowest BCUT2D eigenvalue weighted by atomic mass is 9.87. The number of hydrogen-bond donors (Lipinski definition) is 0. The summed E-state index contributed by atoms with van der Waals surface area (Å²) in [5.41, 5.74) is 0.527. The molecule has 25 heavy (non-hydrogen) atoms. The fraction of sp³-hybridized carbons (Fsp3) is 0.600. The molecule has 3 aliphatic rings. The molecule has 5 nitrogen and oxygen atoms in total. The van der Waals surface area contributed by atoms with Gasteiger partial charge in [-0.2, -0.15) is 0 Å². The Hall–Kier alpha value is -1.88. The van der Waals surface area contributed by atoms with Gasteiger partial charge in [0.2, 0.25) is 0 Å². The van der Waals surface area contributed by atoms with E-state index in [2.05, 4.69) is 4.90 Å². The summed E-state index contributed by atoms with van der Waals surface area (Å²) in [7, 11) is 1.42. The van der Waals surface area contributed by atoms with Gasteiger partial charge in [-0.05, 0) is 43.7 Å². The molecule has 1 saturated carbocycles. The summed E-state index contributed by atoms with van der Waals surface area (Å²) in [6, 6.07) is 9.54. The van der Waals surface area contributed by atoms with Crippen molar-refractivity contribution in [3.8, 4) is 0 Å². The second-order valence-electron chi connectivity index (χ2n) is 7.53. The number of carbonyl (C=O) groups is 2. The normalized spacial score (nSPS) is 31.6. The third-order valence-electron chi connectivity index (χ3n) is 5.92. The van der Waals surface area contributed by atoms with E-state index in [1.165, 1.54) is 20.0 Å². The maximum atomic E-state index is 12.5. The number of carbonyl (C=O) groups excluding carboxylic acids is 2. The van der Waals surface area contributed by atoms with Gasteiger partial charge in [0.15, 0.2) is 0 Å². The first kappa shape index (κ1) is 16.6. The van der Waals surface area contributed by atoms with E-state index < -0.39 is 6.10 Å². The molecule has 2 bridgehead atoms. The second kappa shape index (κ2) is 6.79. The molecule has 0 spiro atoms. The first-order valence-corrected chi connectivity index (χ1v) is 9.27. The third kappa shape index (κ3) is 3.30. The van der Waals surface area contributed by atoms with Gasteiger partial charge < -0.3 is 9.47 Å². The molecule has 3 fully saturated rings. The first-order valence-electron chi connectivity index (χ1n) is 9.27. The maximum Gasteiger partial charge on any atom is 0.338 e. The summed E-state index contributed by atoms with van der Waals surface area (Å²) in [5.74, 6) is -0.202. The number of piperidine rings is 1. The summed E-state index contributed by atoms with van der Waals surface area (Å²) in [5, 5.41) is 0. The highest BCUT2D eigenvalue weighted by Gasteiger charge is 2.53. The number of rotatable bonds is 5. The number of fused-ring (bicyclic) bond motifs is 2. The molecule has 0 N–H and O–H groups in total. The zero-order valence-corrected chi connectivity index (χ0v) is 14.6. The number of benzene rings is 1. The Morgan fingerprint density at radius 1 is 1.12 bits per heavy atom. The Morgan fingerprint density at radius 3 is 2.56 bits per heavy atom. The van der Waals surface area contributed by atoms with Crippen LogP contribution in [-0.4, -0.2) is 48.7 Å². The van der Waals surface area contributed by atoms with Gasteiger partial charge in [-0.1, -0.05) is 18.2 Å². The molecule has 0 radical (unpaired) electrons. The van der Waals surface area contributed by atoms with Crippen LogP contribution in [0.5, 0.6) is 0 Å². The molecule has 5 heteroatoms. The van der Waals surface area contributed by atoms with E-state index in [0.717, 1.165) is 31.7 Å². The van der Waals surface area contributed by atoms with E-state index >= 15 is 0 Å². The van der Waals surface area contributed by atoms with E-state index in [-0.39, 0.29) is 23.9 Å². The average molecular weight is 343 g/mol. The van der Waals surface area contributed by atoms with Gasteiger partial charge in [0, 0.05) is 25.0 Å². The predicted octanol–water partition coefficient (Wildman–Crippen LogP) is 2.65. The molecule has 134 valence electrons. The largest absolute Gasteiger partial charge is 0.469 e. The van der Waals surface area contributed by atoms with Crippen molar-refractivity contribution in [3.05, 3.63) is 35.9 Å².